The van der Waals surface area contributed by atoms with Gasteiger partial charge in [0.25, 0.3) is 0 Å². The fourth-order valence-corrected chi connectivity index (χ4v) is 3.33. The smallest absolute Gasteiger partial charge is 0.410 e. The zero-order valence-corrected chi connectivity index (χ0v) is 17.8. The van der Waals surface area contributed by atoms with E-state index in [9.17, 15) is 4.79 Å². The van der Waals surface area contributed by atoms with Crippen LogP contribution in [-0.2, 0) is 4.74 Å². The molecule has 0 N–H and O–H groups in total. The number of aryl methyl sites for hydroxylation is 1. The third-order valence-corrected chi connectivity index (χ3v) is 5.00. The van der Waals surface area contributed by atoms with Gasteiger partial charge in [0.1, 0.15) is 11.7 Å². The van der Waals surface area contributed by atoms with Gasteiger partial charge >= 0.3 is 6.09 Å². The number of amides is 1. The summed E-state index contributed by atoms with van der Waals surface area (Å²) in [7, 11) is 0. The van der Waals surface area contributed by atoms with Gasteiger partial charge < -0.3 is 14.4 Å². The summed E-state index contributed by atoms with van der Waals surface area (Å²) in [6, 6.07) is 0. The molecule has 3 heterocycles. The number of nitrogens with zero attached hydrogens (tertiary/aromatic N) is 5. The van der Waals surface area contributed by atoms with Gasteiger partial charge in [0.05, 0.1) is 30.5 Å². The standard InChI is InChI=1S/C21H29N5O3/c1-14-10-24-25-11-17(14)18-12-23-19(13-22-18)28-15(2)16-6-8-26(9-7-16)20(27)29-21(3,4)5/h10-13,15-16H,6-9H2,1-5H3. The van der Waals surface area contributed by atoms with E-state index in [2.05, 4.69) is 20.2 Å². The fraction of sp³-hybridized carbons (Fsp3) is 0.571. The van der Waals surface area contributed by atoms with Gasteiger partial charge in [-0.3, -0.25) is 0 Å². The third-order valence-electron chi connectivity index (χ3n) is 5.00. The first kappa shape index (κ1) is 21.0. The number of aromatic nitrogens is 4. The largest absolute Gasteiger partial charge is 0.473 e. The van der Waals surface area contributed by atoms with Crippen molar-refractivity contribution < 1.29 is 14.3 Å². The van der Waals surface area contributed by atoms with E-state index >= 15 is 0 Å². The van der Waals surface area contributed by atoms with Crippen molar-refractivity contribution in [2.75, 3.05) is 13.1 Å². The first-order valence-electron chi connectivity index (χ1n) is 9.97. The van der Waals surface area contributed by atoms with Crippen LogP contribution in [0.1, 0.15) is 46.1 Å². The summed E-state index contributed by atoms with van der Waals surface area (Å²) in [4.78, 5) is 22.8. The summed E-state index contributed by atoms with van der Waals surface area (Å²) in [5.74, 6) is 0.845. The van der Waals surface area contributed by atoms with Gasteiger partial charge in [0, 0.05) is 18.7 Å². The summed E-state index contributed by atoms with van der Waals surface area (Å²) in [6.07, 6.45) is 8.20. The second-order valence-corrected chi connectivity index (χ2v) is 8.45. The quantitative estimate of drug-likeness (QED) is 0.775. The van der Waals surface area contributed by atoms with Gasteiger partial charge in [-0.25, -0.2) is 14.8 Å². The Bertz CT molecular complexity index is 827. The normalized spacial score (nSPS) is 16.4. The molecule has 1 atom stereocenters. The van der Waals surface area contributed by atoms with E-state index < -0.39 is 5.60 Å². The molecule has 1 amide bonds. The summed E-state index contributed by atoms with van der Waals surface area (Å²) in [5.41, 5.74) is 2.16. The van der Waals surface area contributed by atoms with Crippen molar-refractivity contribution in [3.63, 3.8) is 0 Å². The molecule has 1 aliphatic heterocycles. The van der Waals surface area contributed by atoms with E-state index in [0.717, 1.165) is 29.7 Å². The molecule has 0 spiro atoms. The molecule has 2 aromatic rings. The average Bonchev–Trinajstić information content (AvgIpc) is 2.68. The highest BCUT2D eigenvalue weighted by Crippen LogP contribution is 2.25. The number of likely N-dealkylation sites (tertiary alicyclic amines) is 1. The maximum atomic E-state index is 12.2. The number of carbonyl (C=O) groups excluding carboxylic acids is 1. The maximum absolute atomic E-state index is 12.2. The molecule has 0 bridgehead atoms. The fourth-order valence-electron chi connectivity index (χ4n) is 3.33. The van der Waals surface area contributed by atoms with Gasteiger partial charge in [0.15, 0.2) is 0 Å². The Morgan fingerprint density at radius 1 is 1.10 bits per heavy atom. The lowest BCUT2D eigenvalue weighted by molar-refractivity contribution is 0.0118. The number of hydrogen-bond donors (Lipinski definition) is 0. The van der Waals surface area contributed by atoms with Gasteiger partial charge in [0.2, 0.25) is 5.88 Å². The number of rotatable bonds is 4. The molecule has 0 saturated carbocycles. The predicted molar refractivity (Wildman–Crippen MR) is 108 cm³/mol. The minimum Gasteiger partial charge on any atom is -0.473 e. The number of carbonyl (C=O) groups is 1. The molecule has 156 valence electrons. The van der Waals surface area contributed by atoms with Crippen LogP contribution in [0, 0.1) is 12.8 Å². The Morgan fingerprint density at radius 3 is 2.38 bits per heavy atom. The number of piperidine rings is 1. The van der Waals surface area contributed by atoms with Crippen LogP contribution < -0.4 is 4.74 Å². The highest BCUT2D eigenvalue weighted by atomic mass is 16.6. The van der Waals surface area contributed by atoms with E-state index in [1.165, 1.54) is 0 Å². The lowest BCUT2D eigenvalue weighted by atomic mass is 9.92. The molecule has 8 nitrogen and oxygen atoms in total. The highest BCUT2D eigenvalue weighted by molar-refractivity contribution is 5.68. The maximum Gasteiger partial charge on any atom is 0.410 e. The van der Waals surface area contributed by atoms with Crippen LogP contribution >= 0.6 is 0 Å². The summed E-state index contributed by atoms with van der Waals surface area (Å²) >= 11 is 0. The Balaban J connectivity index is 1.53. The predicted octanol–water partition coefficient (Wildman–Crippen LogP) is 3.66. The van der Waals surface area contributed by atoms with Crippen molar-refractivity contribution in [3.05, 3.63) is 30.4 Å². The van der Waals surface area contributed by atoms with Gasteiger partial charge in [-0.05, 0) is 58.9 Å². The zero-order chi connectivity index (χ0) is 21.0. The molecule has 1 saturated heterocycles. The second-order valence-electron chi connectivity index (χ2n) is 8.45. The van der Waals surface area contributed by atoms with Crippen LogP contribution in [-0.4, -0.2) is 56.0 Å². The molecule has 0 aromatic carbocycles. The lowest BCUT2D eigenvalue weighted by Crippen LogP contribution is -2.44. The minimum absolute atomic E-state index is 0.0136. The van der Waals surface area contributed by atoms with Crippen molar-refractivity contribution >= 4 is 6.09 Å². The molecule has 1 fully saturated rings. The Morgan fingerprint density at radius 2 is 1.79 bits per heavy atom. The van der Waals surface area contributed by atoms with E-state index in [1.54, 1.807) is 29.7 Å². The first-order valence-corrected chi connectivity index (χ1v) is 9.97. The zero-order valence-electron chi connectivity index (χ0n) is 17.8. The minimum atomic E-state index is -0.472. The van der Waals surface area contributed by atoms with E-state index in [-0.39, 0.29) is 12.2 Å². The molecule has 0 radical (unpaired) electrons. The van der Waals surface area contributed by atoms with Crippen molar-refractivity contribution in [2.45, 2.75) is 59.2 Å². The van der Waals surface area contributed by atoms with Crippen LogP contribution in [0.25, 0.3) is 11.3 Å². The molecular weight excluding hydrogens is 370 g/mol. The average molecular weight is 399 g/mol. The Labute approximate surface area is 171 Å². The molecule has 8 heteroatoms. The molecule has 29 heavy (non-hydrogen) atoms. The lowest BCUT2D eigenvalue weighted by Gasteiger charge is -2.35. The molecule has 1 unspecified atom stereocenters. The van der Waals surface area contributed by atoms with Crippen LogP contribution in [0.2, 0.25) is 0 Å². The van der Waals surface area contributed by atoms with Crippen LogP contribution in [0.3, 0.4) is 0 Å². The van der Waals surface area contributed by atoms with Gasteiger partial charge in [-0.15, -0.1) is 0 Å². The first-order chi connectivity index (χ1) is 13.7. The Hall–Kier alpha value is -2.77. The second kappa shape index (κ2) is 8.71. The SMILES string of the molecule is Cc1cnncc1-c1cnc(OC(C)C2CCN(C(=O)OC(C)(C)C)CC2)cn1. The summed E-state index contributed by atoms with van der Waals surface area (Å²) in [6.45, 7) is 11.0. The van der Waals surface area contributed by atoms with Gasteiger partial charge in [-0.1, -0.05) is 0 Å². The number of ether oxygens (including phenoxy) is 2. The molecule has 3 rings (SSSR count). The summed E-state index contributed by atoms with van der Waals surface area (Å²) in [5, 5.41) is 7.76. The van der Waals surface area contributed by atoms with Crippen LogP contribution in [0.4, 0.5) is 4.79 Å². The van der Waals surface area contributed by atoms with Crippen molar-refractivity contribution in [1.82, 2.24) is 25.1 Å². The topological polar surface area (TPSA) is 90.3 Å². The highest BCUT2D eigenvalue weighted by Gasteiger charge is 2.30. The van der Waals surface area contributed by atoms with Crippen molar-refractivity contribution in [1.29, 1.82) is 0 Å². The Kier molecular flexibility index (Phi) is 6.30. The van der Waals surface area contributed by atoms with Gasteiger partial charge in [-0.2, -0.15) is 10.2 Å². The monoisotopic (exact) mass is 399 g/mol. The van der Waals surface area contributed by atoms with E-state index in [0.29, 0.717) is 24.9 Å². The molecule has 0 aliphatic carbocycles. The summed E-state index contributed by atoms with van der Waals surface area (Å²) < 4.78 is 11.5. The van der Waals surface area contributed by atoms with Crippen LogP contribution in [0.5, 0.6) is 5.88 Å². The molecular formula is C21H29N5O3. The third kappa shape index (κ3) is 5.62. The van der Waals surface area contributed by atoms with Crippen LogP contribution in [0.15, 0.2) is 24.8 Å². The van der Waals surface area contributed by atoms with E-state index in [4.69, 9.17) is 9.47 Å². The number of hydrogen-bond acceptors (Lipinski definition) is 7. The van der Waals surface area contributed by atoms with Crippen molar-refractivity contribution in [3.8, 4) is 17.1 Å². The van der Waals surface area contributed by atoms with Crippen molar-refractivity contribution in [2.24, 2.45) is 5.92 Å². The molecule has 2 aromatic heterocycles. The van der Waals surface area contributed by atoms with E-state index in [1.807, 2.05) is 34.6 Å². The molecule has 1 aliphatic rings.